The van der Waals surface area contributed by atoms with E-state index in [4.69, 9.17) is 0 Å². The molecule has 262 valence electrons. The van der Waals surface area contributed by atoms with Gasteiger partial charge < -0.3 is 10.2 Å². The van der Waals surface area contributed by atoms with E-state index in [0.717, 1.165) is 84.4 Å². The van der Waals surface area contributed by atoms with Crippen molar-refractivity contribution >= 4 is 27.1 Å². The maximum atomic E-state index is 14.7. The smallest absolute Gasteiger partial charge is 0.211 e. The number of aryl methyl sites for hydroxylation is 1. The Morgan fingerprint density at radius 2 is 1.52 bits per heavy atom. The lowest BCUT2D eigenvalue weighted by atomic mass is 9.32. The number of allylic oxidation sites excluding steroid dienone is 4. The number of aliphatic hydroxyl groups excluding tert-OH is 1. The number of carbonyl (C=O) groups is 1. The summed E-state index contributed by atoms with van der Waals surface area (Å²) in [4.78, 5) is 16.6. The number of hydrogen-bond donors (Lipinski definition) is 2. The maximum Gasteiger partial charge on any atom is 0.211 e. The molecule has 6 nitrogen and oxygen atoms in total. The lowest BCUT2D eigenvalue weighted by molar-refractivity contribution is -0.175. The van der Waals surface area contributed by atoms with Gasteiger partial charge in [-0.25, -0.2) is 8.42 Å². The summed E-state index contributed by atoms with van der Waals surface area (Å²) >= 11 is 1.55. The molecule has 0 saturated heterocycles. The Kier molecular flexibility index (Phi) is 6.90. The number of rotatable bonds is 7. The molecule has 6 bridgehead atoms. The molecule has 8 heteroatoms. The van der Waals surface area contributed by atoms with Gasteiger partial charge >= 0.3 is 0 Å². The molecule has 0 amide bonds. The van der Waals surface area contributed by atoms with Gasteiger partial charge in [-0.1, -0.05) is 32.1 Å². The molecule has 1 unspecified atom stereocenters. The fourth-order valence-electron chi connectivity index (χ4n) is 14.7. The van der Waals surface area contributed by atoms with Crippen LogP contribution in [-0.4, -0.2) is 59.8 Å². The first-order chi connectivity index (χ1) is 22.5. The van der Waals surface area contributed by atoms with Gasteiger partial charge in [-0.2, -0.15) is 4.31 Å². The topological polar surface area (TPSA) is 94.9 Å². The molecule has 0 radical (unpaired) electrons. The SMILES string of the molecule is Cc1ccc(C(=O)C2=C[C@@]34C=C[C@@]25[C@@H]2CC[C@@](O)(CN(CC67CC8CC(CC(C8)C6)C7)S(C)(=O)=O)[C@@]2(C)CC[C@@H]5[C@@]3(C)CCC(O)C4)s1. The van der Waals surface area contributed by atoms with E-state index in [-0.39, 0.29) is 46.5 Å². The molecule has 7 saturated carbocycles. The maximum absolute atomic E-state index is 14.7. The number of hydrogen-bond acceptors (Lipinski definition) is 6. The average molecular weight is 694 g/mol. The van der Waals surface area contributed by atoms with Gasteiger partial charge in [0.1, 0.15) is 0 Å². The summed E-state index contributed by atoms with van der Waals surface area (Å²) < 4.78 is 29.0. The molecule has 1 aromatic heterocycles. The third kappa shape index (κ3) is 4.25. The van der Waals surface area contributed by atoms with Crippen LogP contribution in [0.2, 0.25) is 0 Å². The summed E-state index contributed by atoms with van der Waals surface area (Å²) in [6, 6.07) is 4.00. The summed E-state index contributed by atoms with van der Waals surface area (Å²) in [5.74, 6) is 2.55. The molecule has 48 heavy (non-hydrogen) atoms. The van der Waals surface area contributed by atoms with E-state index in [9.17, 15) is 23.4 Å². The van der Waals surface area contributed by atoms with E-state index in [0.29, 0.717) is 19.4 Å². The van der Waals surface area contributed by atoms with E-state index in [1.807, 2.05) is 19.1 Å². The number of aliphatic hydroxyl groups is 2. The van der Waals surface area contributed by atoms with Crippen LogP contribution in [0.5, 0.6) is 0 Å². The van der Waals surface area contributed by atoms with E-state index < -0.39 is 26.5 Å². The number of sulfonamides is 1. The van der Waals surface area contributed by atoms with Crippen LogP contribution in [0, 0.1) is 63.6 Å². The Labute approximate surface area is 291 Å². The molecule has 8 atom stereocenters. The molecule has 10 aliphatic rings. The zero-order valence-corrected chi connectivity index (χ0v) is 31.0. The van der Waals surface area contributed by atoms with Crippen molar-refractivity contribution in [2.24, 2.45) is 56.7 Å². The van der Waals surface area contributed by atoms with E-state index in [1.54, 1.807) is 15.6 Å². The fraction of sp³-hybridized carbons (Fsp3) is 0.775. The highest BCUT2D eigenvalue weighted by Crippen LogP contribution is 2.78. The second kappa shape index (κ2) is 10.2. The van der Waals surface area contributed by atoms with Gasteiger partial charge in [0.05, 0.1) is 22.8 Å². The Bertz CT molecular complexity index is 1690. The highest BCUT2D eigenvalue weighted by Gasteiger charge is 2.74. The first-order valence-electron chi connectivity index (χ1n) is 18.9. The lowest BCUT2D eigenvalue weighted by Gasteiger charge is -2.71. The van der Waals surface area contributed by atoms with E-state index in [1.165, 1.54) is 25.5 Å². The molecule has 10 aliphatic carbocycles. The number of thiophene rings is 1. The van der Waals surface area contributed by atoms with Crippen molar-refractivity contribution in [3.05, 3.63) is 45.7 Å². The third-order valence-corrected chi connectivity index (χ3v) is 18.7. The standard InChI is InChI=1S/C40H55NO5S2/c1-25-5-6-31(47-25)34(43)30-22-38-13-14-40(30)32(35(38,2)10-7-29(42)21-38)8-11-36(3)33(40)9-12-39(36,44)24-41(48(4,45)46)23-37-18-26-15-27(19-37)17-28(16-26)20-37/h5-6,13-14,22,26-29,32-33,42,44H,7-12,15-21,23-24H2,1-4H3/t26?,27?,28?,29?,32-,33-,35-,36+,37?,38+,39-,40-/m1/s1. The van der Waals surface area contributed by atoms with Crippen LogP contribution in [0.15, 0.2) is 35.9 Å². The van der Waals surface area contributed by atoms with Crippen LogP contribution in [0.1, 0.15) is 112 Å². The molecule has 11 rings (SSSR count). The molecule has 1 aromatic rings. The van der Waals surface area contributed by atoms with Crippen LogP contribution in [0.4, 0.5) is 0 Å². The van der Waals surface area contributed by atoms with Crippen molar-refractivity contribution in [3.8, 4) is 0 Å². The van der Waals surface area contributed by atoms with Gasteiger partial charge in [0, 0.05) is 39.8 Å². The van der Waals surface area contributed by atoms with Crippen LogP contribution in [-0.2, 0) is 10.0 Å². The Morgan fingerprint density at radius 1 is 0.896 bits per heavy atom. The first-order valence-corrected chi connectivity index (χ1v) is 21.6. The fourth-order valence-corrected chi connectivity index (χ4v) is 16.5. The van der Waals surface area contributed by atoms with Crippen molar-refractivity contribution in [2.45, 2.75) is 116 Å². The van der Waals surface area contributed by atoms with E-state index in [2.05, 4.69) is 32.1 Å². The molecular formula is C40H55NO5S2. The highest BCUT2D eigenvalue weighted by atomic mass is 32.2. The second-order valence-corrected chi connectivity index (χ2v) is 22.3. The Hall–Kier alpha value is -1.32. The van der Waals surface area contributed by atoms with Crippen LogP contribution >= 0.6 is 11.3 Å². The average Bonchev–Trinajstić information content (AvgIpc) is 3.55. The van der Waals surface area contributed by atoms with Crippen LogP contribution < -0.4 is 0 Å². The monoisotopic (exact) mass is 693 g/mol. The minimum atomic E-state index is -3.55. The highest BCUT2D eigenvalue weighted by molar-refractivity contribution is 7.88. The Morgan fingerprint density at radius 3 is 2.15 bits per heavy atom. The van der Waals surface area contributed by atoms with E-state index >= 15 is 0 Å². The normalized spacial score (nSPS) is 49.9. The van der Waals surface area contributed by atoms with Crippen LogP contribution in [0.3, 0.4) is 0 Å². The number of nitrogens with zero attached hydrogens (tertiary/aromatic N) is 1. The molecule has 0 aromatic carbocycles. The molecule has 2 spiro atoms. The predicted octanol–water partition coefficient (Wildman–Crippen LogP) is 7.31. The van der Waals surface area contributed by atoms with Gasteiger partial charge in [0.2, 0.25) is 10.0 Å². The van der Waals surface area contributed by atoms with Crippen LogP contribution in [0.25, 0.3) is 0 Å². The van der Waals surface area contributed by atoms with Gasteiger partial charge in [-0.3, -0.25) is 4.79 Å². The third-order valence-electron chi connectivity index (χ3n) is 16.5. The molecule has 0 aliphatic heterocycles. The predicted molar refractivity (Wildman–Crippen MR) is 189 cm³/mol. The van der Waals surface area contributed by atoms with Crippen molar-refractivity contribution in [3.63, 3.8) is 0 Å². The minimum absolute atomic E-state index is 0.0178. The summed E-state index contributed by atoms with van der Waals surface area (Å²) in [7, 11) is -3.55. The number of carbonyl (C=O) groups excluding carboxylic acids is 1. The van der Waals surface area contributed by atoms with Crippen molar-refractivity contribution in [1.82, 2.24) is 4.31 Å². The van der Waals surface area contributed by atoms with Crippen molar-refractivity contribution in [2.75, 3.05) is 19.3 Å². The summed E-state index contributed by atoms with van der Waals surface area (Å²) in [6.45, 7) is 7.37. The van der Waals surface area contributed by atoms with Gasteiger partial charge in [-0.05, 0) is 143 Å². The summed E-state index contributed by atoms with van der Waals surface area (Å²) in [6.07, 6.45) is 20.7. The first kappa shape index (κ1) is 32.6. The summed E-state index contributed by atoms with van der Waals surface area (Å²) in [5, 5.41) is 24.0. The number of ketones is 1. The lowest BCUT2D eigenvalue weighted by Crippen LogP contribution is -2.67. The number of Topliss-reactive ketones (excluding diaryl/α,β-unsaturated/α-hetero) is 1. The number of fused-ring (bicyclic) bond motifs is 1. The molecule has 1 heterocycles. The van der Waals surface area contributed by atoms with Crippen molar-refractivity contribution < 1.29 is 23.4 Å². The van der Waals surface area contributed by atoms with Gasteiger partial charge in [-0.15, -0.1) is 11.3 Å². The second-order valence-electron chi connectivity index (χ2n) is 19.0. The Balaban J connectivity index is 1.10. The van der Waals surface area contributed by atoms with Crippen molar-refractivity contribution in [1.29, 1.82) is 0 Å². The molecular weight excluding hydrogens is 639 g/mol. The molecule has 7 fully saturated rings. The van der Waals surface area contributed by atoms with Gasteiger partial charge in [0.25, 0.3) is 0 Å². The summed E-state index contributed by atoms with van der Waals surface area (Å²) in [5.41, 5.74) is -1.79. The zero-order chi connectivity index (χ0) is 33.7. The molecule has 2 N–H and O–H groups in total. The minimum Gasteiger partial charge on any atom is -0.393 e. The largest absolute Gasteiger partial charge is 0.393 e. The quantitative estimate of drug-likeness (QED) is 0.231. The van der Waals surface area contributed by atoms with Gasteiger partial charge in [0.15, 0.2) is 5.78 Å². The zero-order valence-electron chi connectivity index (χ0n) is 29.3.